The zero-order valence-corrected chi connectivity index (χ0v) is 20.4. The average molecular weight is 433 g/mol. The van der Waals surface area contributed by atoms with Crippen molar-refractivity contribution < 1.29 is 9.69 Å². The lowest BCUT2D eigenvalue weighted by Gasteiger charge is -2.26. The fourth-order valence-corrected chi connectivity index (χ4v) is 4.12. The predicted octanol–water partition coefficient (Wildman–Crippen LogP) is 2.76. The van der Waals surface area contributed by atoms with Crippen LogP contribution in [0.15, 0.2) is 35.5 Å². The van der Waals surface area contributed by atoms with Crippen LogP contribution in [0, 0.1) is 11.8 Å². The highest BCUT2D eigenvalue weighted by Crippen LogP contribution is 2.22. The summed E-state index contributed by atoms with van der Waals surface area (Å²) in [7, 11) is 4.25. The number of hydrogen-bond donors (Lipinski definition) is 1. The first-order valence-electron chi connectivity index (χ1n) is 10.9. The summed E-state index contributed by atoms with van der Waals surface area (Å²) in [6, 6.07) is 10.6. The number of carbonyl (C=O) groups excluding carboxylic acids is 1. The van der Waals surface area contributed by atoms with Crippen LogP contribution >= 0.6 is 11.8 Å². The number of carbonyl (C=O) groups is 1. The van der Waals surface area contributed by atoms with Crippen LogP contribution in [0.2, 0.25) is 0 Å². The van der Waals surface area contributed by atoms with Gasteiger partial charge in [0, 0.05) is 13.1 Å². The van der Waals surface area contributed by atoms with Gasteiger partial charge >= 0.3 is 0 Å². The Bertz CT molecular complexity index is 778. The summed E-state index contributed by atoms with van der Waals surface area (Å²) in [5, 5.41) is 9.77. The molecule has 1 atom stereocenters. The highest BCUT2D eigenvalue weighted by Gasteiger charge is 2.24. The molecule has 0 saturated carbocycles. The Morgan fingerprint density at radius 3 is 2.17 bits per heavy atom. The molecule has 0 saturated heterocycles. The molecular weight excluding hydrogens is 394 g/mol. The Hall–Kier alpha value is -1.86. The van der Waals surface area contributed by atoms with Crippen molar-refractivity contribution in [3.05, 3.63) is 41.7 Å². The van der Waals surface area contributed by atoms with E-state index in [1.54, 1.807) is 0 Å². The summed E-state index contributed by atoms with van der Waals surface area (Å²) in [6.07, 6.45) is 0. The second kappa shape index (κ2) is 11.5. The van der Waals surface area contributed by atoms with Gasteiger partial charge in [0.1, 0.15) is 6.04 Å². The van der Waals surface area contributed by atoms with Crippen molar-refractivity contribution in [2.75, 3.05) is 32.9 Å². The molecule has 1 N–H and O–H groups in total. The fraction of sp³-hybridized carbons (Fsp3) is 0.609. The number of thioether (sulfide) groups is 1. The van der Waals surface area contributed by atoms with E-state index in [-0.39, 0.29) is 11.9 Å². The second-order valence-electron chi connectivity index (χ2n) is 9.09. The molecule has 7 heteroatoms. The van der Waals surface area contributed by atoms with Gasteiger partial charge in [0.15, 0.2) is 11.0 Å². The predicted molar refractivity (Wildman–Crippen MR) is 124 cm³/mol. The minimum atomic E-state index is 0.171. The van der Waals surface area contributed by atoms with Crippen LogP contribution in [0.25, 0.3) is 0 Å². The largest absolute Gasteiger partial charge is 0.341 e. The smallest absolute Gasteiger partial charge is 0.233 e. The summed E-state index contributed by atoms with van der Waals surface area (Å²) >= 11 is 1.50. The maximum atomic E-state index is 12.9. The van der Waals surface area contributed by atoms with Crippen LogP contribution in [-0.2, 0) is 11.3 Å². The maximum Gasteiger partial charge on any atom is 0.233 e. The van der Waals surface area contributed by atoms with Gasteiger partial charge in [-0.15, -0.1) is 10.2 Å². The standard InChI is InChI=1S/C23H37N5OS/c1-17(2)13-27(14-18(3)4)21(29)16-30-23-25-24-22(19(5)26(6)7)28(23)15-20-11-9-8-10-12-20/h8-12,17-19H,13-16H2,1-7H3/p+1/t19-/m1/s1. The number of quaternary nitrogens is 1. The van der Waals surface area contributed by atoms with Gasteiger partial charge < -0.3 is 9.80 Å². The molecule has 1 aromatic carbocycles. The number of nitrogens with zero attached hydrogens (tertiary/aromatic N) is 4. The molecule has 0 bridgehead atoms. The Kier molecular flexibility index (Phi) is 9.37. The average Bonchev–Trinajstić information content (AvgIpc) is 3.07. The summed E-state index contributed by atoms with van der Waals surface area (Å²) < 4.78 is 2.17. The Balaban J connectivity index is 2.20. The van der Waals surface area contributed by atoms with Gasteiger partial charge in [-0.3, -0.25) is 9.36 Å². The Morgan fingerprint density at radius 2 is 1.63 bits per heavy atom. The Labute approximate surface area is 186 Å². The third kappa shape index (κ3) is 7.13. The summed E-state index contributed by atoms with van der Waals surface area (Å²) in [5.41, 5.74) is 1.20. The van der Waals surface area contributed by atoms with E-state index in [2.05, 4.69) is 75.6 Å². The lowest BCUT2D eigenvalue weighted by Crippen LogP contribution is -3.05. The number of hydrogen-bond acceptors (Lipinski definition) is 4. The molecule has 166 valence electrons. The Morgan fingerprint density at radius 1 is 1.03 bits per heavy atom. The molecule has 0 radical (unpaired) electrons. The van der Waals surface area contributed by atoms with Crippen LogP contribution in [0.4, 0.5) is 0 Å². The van der Waals surface area contributed by atoms with Crippen molar-refractivity contribution in [3.63, 3.8) is 0 Å². The molecule has 0 fully saturated rings. The van der Waals surface area contributed by atoms with Crippen LogP contribution < -0.4 is 4.90 Å². The van der Waals surface area contributed by atoms with Crippen LogP contribution in [-0.4, -0.2) is 58.5 Å². The molecule has 0 aliphatic rings. The minimum absolute atomic E-state index is 0.171. The number of amides is 1. The van der Waals surface area contributed by atoms with Gasteiger partial charge in [-0.1, -0.05) is 69.8 Å². The first kappa shape index (κ1) is 24.4. The molecule has 2 aromatic rings. The lowest BCUT2D eigenvalue weighted by molar-refractivity contribution is -0.890. The van der Waals surface area contributed by atoms with Gasteiger partial charge in [0.05, 0.1) is 26.4 Å². The zero-order chi connectivity index (χ0) is 22.3. The van der Waals surface area contributed by atoms with Crippen LogP contribution in [0.1, 0.15) is 52.0 Å². The number of nitrogens with one attached hydrogen (secondary N) is 1. The second-order valence-corrected chi connectivity index (χ2v) is 10.0. The van der Waals surface area contributed by atoms with Crippen molar-refractivity contribution in [1.29, 1.82) is 0 Å². The van der Waals surface area contributed by atoms with E-state index in [0.717, 1.165) is 24.1 Å². The van der Waals surface area contributed by atoms with E-state index < -0.39 is 0 Å². The number of aromatic nitrogens is 3. The summed E-state index contributed by atoms with van der Waals surface area (Å²) in [4.78, 5) is 16.2. The van der Waals surface area contributed by atoms with E-state index >= 15 is 0 Å². The topological polar surface area (TPSA) is 55.5 Å². The van der Waals surface area contributed by atoms with Crippen molar-refractivity contribution in [1.82, 2.24) is 19.7 Å². The van der Waals surface area contributed by atoms with E-state index in [4.69, 9.17) is 0 Å². The summed E-state index contributed by atoms with van der Waals surface area (Å²) in [6.45, 7) is 13.1. The molecule has 1 amide bonds. The minimum Gasteiger partial charge on any atom is -0.341 e. The number of rotatable bonds is 11. The van der Waals surface area contributed by atoms with Gasteiger partial charge in [0.2, 0.25) is 5.91 Å². The van der Waals surface area contributed by atoms with Crippen molar-refractivity contribution in [2.24, 2.45) is 11.8 Å². The third-order valence-electron chi connectivity index (χ3n) is 5.03. The quantitative estimate of drug-likeness (QED) is 0.555. The molecule has 0 aliphatic carbocycles. The van der Waals surface area contributed by atoms with Gasteiger partial charge in [0.25, 0.3) is 0 Å². The van der Waals surface area contributed by atoms with Gasteiger partial charge in [-0.05, 0) is 24.3 Å². The molecule has 0 spiro atoms. The summed E-state index contributed by atoms with van der Waals surface area (Å²) in [5.74, 6) is 2.42. The van der Waals surface area contributed by atoms with Crippen LogP contribution in [0.3, 0.4) is 0 Å². The normalized spacial score (nSPS) is 12.7. The van der Waals surface area contributed by atoms with E-state index in [1.807, 2.05) is 23.1 Å². The van der Waals surface area contributed by atoms with Crippen molar-refractivity contribution in [3.8, 4) is 0 Å². The molecule has 1 heterocycles. The lowest BCUT2D eigenvalue weighted by atomic mass is 10.1. The van der Waals surface area contributed by atoms with Crippen molar-refractivity contribution in [2.45, 2.75) is 52.4 Å². The van der Waals surface area contributed by atoms with Gasteiger partial charge in [-0.2, -0.15) is 0 Å². The number of benzene rings is 1. The van der Waals surface area contributed by atoms with E-state index in [0.29, 0.717) is 24.1 Å². The molecule has 0 unspecified atom stereocenters. The molecule has 2 rings (SSSR count). The first-order chi connectivity index (χ1) is 14.2. The van der Waals surface area contributed by atoms with Crippen LogP contribution in [0.5, 0.6) is 0 Å². The fourth-order valence-electron chi connectivity index (χ4n) is 3.28. The first-order valence-corrected chi connectivity index (χ1v) is 11.8. The monoisotopic (exact) mass is 432 g/mol. The molecule has 30 heavy (non-hydrogen) atoms. The highest BCUT2D eigenvalue weighted by atomic mass is 32.2. The highest BCUT2D eigenvalue weighted by molar-refractivity contribution is 7.99. The van der Waals surface area contributed by atoms with E-state index in [9.17, 15) is 4.79 Å². The van der Waals surface area contributed by atoms with Crippen molar-refractivity contribution >= 4 is 17.7 Å². The SMILES string of the molecule is CC(C)CN(CC(C)C)C(=O)CSc1nnc([C@@H](C)[NH+](C)C)n1Cc1ccccc1. The maximum absolute atomic E-state index is 12.9. The molecular formula is C23H38N5OS+. The molecule has 6 nitrogen and oxygen atoms in total. The third-order valence-corrected chi connectivity index (χ3v) is 5.98. The van der Waals surface area contributed by atoms with Gasteiger partial charge in [-0.25, -0.2) is 0 Å². The van der Waals surface area contributed by atoms with E-state index in [1.165, 1.54) is 22.2 Å². The molecule has 1 aromatic heterocycles. The molecule has 0 aliphatic heterocycles. The zero-order valence-electron chi connectivity index (χ0n) is 19.6.